The Morgan fingerprint density at radius 3 is 2.95 bits per heavy atom. The first-order chi connectivity index (χ1) is 9.65. The Labute approximate surface area is 119 Å². The Balaban J connectivity index is 1.85. The topological polar surface area (TPSA) is 54.2 Å². The van der Waals surface area contributed by atoms with Crippen molar-refractivity contribution in [1.29, 1.82) is 0 Å². The summed E-state index contributed by atoms with van der Waals surface area (Å²) in [6.07, 6.45) is 0. The van der Waals surface area contributed by atoms with Crippen molar-refractivity contribution in [3.8, 4) is 0 Å². The lowest BCUT2D eigenvalue weighted by atomic mass is 10.1. The summed E-state index contributed by atoms with van der Waals surface area (Å²) in [5.74, 6) is 1.74. The molecule has 20 heavy (non-hydrogen) atoms. The number of hydrogen-bond donors (Lipinski definition) is 1. The molecule has 1 unspecified atom stereocenters. The molecule has 0 spiro atoms. The van der Waals surface area contributed by atoms with Crippen LogP contribution in [0.5, 0.6) is 0 Å². The van der Waals surface area contributed by atoms with E-state index < -0.39 is 0 Å². The van der Waals surface area contributed by atoms with E-state index in [9.17, 15) is 0 Å². The standard InChI is InChI=1S/C15H20N4O/c1-10(2)15-17-14(20-18-15)9-19-11(3)8-16-12-6-4-5-7-13(12)19/h4-7,10-11,16H,8-9H2,1-3H3. The molecule has 1 aromatic carbocycles. The molecule has 2 heterocycles. The normalized spacial score (nSPS) is 18.0. The SMILES string of the molecule is CC(C)c1noc(CN2c3ccccc3NCC2C)n1. The van der Waals surface area contributed by atoms with Crippen molar-refractivity contribution in [3.05, 3.63) is 36.0 Å². The Kier molecular flexibility index (Phi) is 3.34. The van der Waals surface area contributed by atoms with Crippen LogP contribution in [-0.4, -0.2) is 22.7 Å². The van der Waals surface area contributed by atoms with Crippen LogP contribution in [-0.2, 0) is 6.54 Å². The van der Waals surface area contributed by atoms with E-state index in [1.54, 1.807) is 0 Å². The van der Waals surface area contributed by atoms with Gasteiger partial charge in [-0.25, -0.2) is 0 Å². The van der Waals surface area contributed by atoms with Gasteiger partial charge in [0.1, 0.15) is 0 Å². The lowest BCUT2D eigenvalue weighted by Gasteiger charge is -2.36. The van der Waals surface area contributed by atoms with Gasteiger partial charge in [0, 0.05) is 18.5 Å². The number of para-hydroxylation sites is 2. The van der Waals surface area contributed by atoms with Gasteiger partial charge in [-0.05, 0) is 19.1 Å². The van der Waals surface area contributed by atoms with E-state index in [1.165, 1.54) is 5.69 Å². The molecule has 0 aliphatic carbocycles. The Hall–Kier alpha value is -2.04. The van der Waals surface area contributed by atoms with E-state index in [0.29, 0.717) is 24.4 Å². The maximum absolute atomic E-state index is 5.37. The molecule has 1 N–H and O–H groups in total. The second-order valence-corrected chi connectivity index (χ2v) is 5.58. The second kappa shape index (κ2) is 5.15. The van der Waals surface area contributed by atoms with Gasteiger partial charge in [-0.2, -0.15) is 4.98 Å². The molecule has 1 aromatic heterocycles. The van der Waals surface area contributed by atoms with Crippen molar-refractivity contribution in [2.75, 3.05) is 16.8 Å². The lowest BCUT2D eigenvalue weighted by Crippen LogP contribution is -2.41. The lowest BCUT2D eigenvalue weighted by molar-refractivity contribution is 0.365. The molecule has 0 saturated carbocycles. The summed E-state index contributed by atoms with van der Waals surface area (Å²) in [5, 5.41) is 7.48. The van der Waals surface area contributed by atoms with Crippen molar-refractivity contribution < 1.29 is 4.52 Å². The van der Waals surface area contributed by atoms with Crippen molar-refractivity contribution in [1.82, 2.24) is 10.1 Å². The van der Waals surface area contributed by atoms with E-state index >= 15 is 0 Å². The molecule has 5 nitrogen and oxygen atoms in total. The van der Waals surface area contributed by atoms with Gasteiger partial charge in [0.05, 0.1) is 17.9 Å². The number of benzene rings is 1. The number of nitrogens with zero attached hydrogens (tertiary/aromatic N) is 3. The minimum absolute atomic E-state index is 0.292. The minimum atomic E-state index is 0.292. The molecule has 1 atom stereocenters. The fourth-order valence-corrected chi connectivity index (χ4v) is 2.43. The van der Waals surface area contributed by atoms with Gasteiger partial charge in [0.2, 0.25) is 5.89 Å². The number of rotatable bonds is 3. The van der Waals surface area contributed by atoms with Gasteiger partial charge >= 0.3 is 0 Å². The van der Waals surface area contributed by atoms with Crippen LogP contribution in [0.3, 0.4) is 0 Å². The first-order valence-corrected chi connectivity index (χ1v) is 7.07. The molecule has 1 aliphatic heterocycles. The number of anilines is 2. The third kappa shape index (κ3) is 2.35. The summed E-state index contributed by atoms with van der Waals surface area (Å²) in [6.45, 7) is 7.90. The monoisotopic (exact) mass is 272 g/mol. The van der Waals surface area contributed by atoms with E-state index in [0.717, 1.165) is 18.1 Å². The predicted molar refractivity (Wildman–Crippen MR) is 79.0 cm³/mol. The fraction of sp³-hybridized carbons (Fsp3) is 0.467. The Bertz CT molecular complexity index is 593. The summed E-state index contributed by atoms with van der Waals surface area (Å²) in [7, 11) is 0. The van der Waals surface area contributed by atoms with Crippen LogP contribution in [0.2, 0.25) is 0 Å². The van der Waals surface area contributed by atoms with Gasteiger partial charge in [-0.3, -0.25) is 0 Å². The highest BCUT2D eigenvalue weighted by Crippen LogP contribution is 2.32. The van der Waals surface area contributed by atoms with Crippen LogP contribution in [0.15, 0.2) is 28.8 Å². The number of fused-ring (bicyclic) bond motifs is 1. The molecule has 1 aliphatic rings. The first-order valence-electron chi connectivity index (χ1n) is 7.07. The molecule has 106 valence electrons. The number of aromatic nitrogens is 2. The van der Waals surface area contributed by atoms with Gasteiger partial charge in [-0.15, -0.1) is 0 Å². The highest BCUT2D eigenvalue weighted by atomic mass is 16.5. The van der Waals surface area contributed by atoms with Crippen LogP contribution in [0.25, 0.3) is 0 Å². The maximum Gasteiger partial charge on any atom is 0.246 e. The van der Waals surface area contributed by atoms with Crippen molar-refractivity contribution in [3.63, 3.8) is 0 Å². The predicted octanol–water partition coefficient (Wildman–Crippen LogP) is 3.01. The third-order valence-electron chi connectivity index (χ3n) is 3.64. The largest absolute Gasteiger partial charge is 0.381 e. The zero-order chi connectivity index (χ0) is 14.1. The summed E-state index contributed by atoms with van der Waals surface area (Å²) >= 11 is 0. The summed E-state index contributed by atoms with van der Waals surface area (Å²) in [6, 6.07) is 8.71. The summed E-state index contributed by atoms with van der Waals surface area (Å²) < 4.78 is 5.37. The van der Waals surface area contributed by atoms with E-state index in [2.05, 4.69) is 59.3 Å². The molecule has 0 saturated heterocycles. The average molecular weight is 272 g/mol. The summed E-state index contributed by atoms with van der Waals surface area (Å²) in [4.78, 5) is 6.78. The maximum atomic E-state index is 5.37. The third-order valence-corrected chi connectivity index (χ3v) is 3.64. The van der Waals surface area contributed by atoms with Crippen LogP contribution < -0.4 is 10.2 Å². The average Bonchev–Trinajstić information content (AvgIpc) is 2.91. The highest BCUT2D eigenvalue weighted by molar-refractivity contribution is 5.72. The molecule has 2 aromatic rings. The van der Waals surface area contributed by atoms with Gasteiger partial charge in [0.25, 0.3) is 0 Å². The van der Waals surface area contributed by atoms with Crippen molar-refractivity contribution >= 4 is 11.4 Å². The van der Waals surface area contributed by atoms with Crippen LogP contribution in [0.1, 0.15) is 38.4 Å². The smallest absolute Gasteiger partial charge is 0.246 e. The van der Waals surface area contributed by atoms with Crippen LogP contribution in [0.4, 0.5) is 11.4 Å². The van der Waals surface area contributed by atoms with E-state index in [-0.39, 0.29) is 0 Å². The molecular formula is C15H20N4O. The Morgan fingerprint density at radius 1 is 1.40 bits per heavy atom. The minimum Gasteiger partial charge on any atom is -0.381 e. The molecule has 0 bridgehead atoms. The molecule has 0 fully saturated rings. The van der Waals surface area contributed by atoms with Crippen molar-refractivity contribution in [2.45, 2.75) is 39.3 Å². The van der Waals surface area contributed by atoms with E-state index in [1.807, 2.05) is 6.07 Å². The fourth-order valence-electron chi connectivity index (χ4n) is 2.43. The molecule has 5 heteroatoms. The molecule has 3 rings (SSSR count). The number of hydrogen-bond acceptors (Lipinski definition) is 5. The molecular weight excluding hydrogens is 252 g/mol. The molecule has 0 amide bonds. The second-order valence-electron chi connectivity index (χ2n) is 5.58. The van der Waals surface area contributed by atoms with Gasteiger partial charge in [0.15, 0.2) is 5.82 Å². The van der Waals surface area contributed by atoms with Gasteiger partial charge < -0.3 is 14.7 Å². The zero-order valence-corrected chi connectivity index (χ0v) is 12.1. The van der Waals surface area contributed by atoms with Crippen molar-refractivity contribution in [2.24, 2.45) is 0 Å². The number of nitrogens with one attached hydrogen (secondary N) is 1. The van der Waals surface area contributed by atoms with Crippen LogP contribution >= 0.6 is 0 Å². The summed E-state index contributed by atoms with van der Waals surface area (Å²) in [5.41, 5.74) is 2.35. The van der Waals surface area contributed by atoms with Gasteiger partial charge in [-0.1, -0.05) is 31.1 Å². The van der Waals surface area contributed by atoms with Crippen LogP contribution in [0, 0.1) is 0 Å². The highest BCUT2D eigenvalue weighted by Gasteiger charge is 2.24. The Morgan fingerprint density at radius 2 is 2.20 bits per heavy atom. The zero-order valence-electron chi connectivity index (χ0n) is 12.1. The first kappa shape index (κ1) is 13.0. The quantitative estimate of drug-likeness (QED) is 0.930. The van der Waals surface area contributed by atoms with E-state index in [4.69, 9.17) is 4.52 Å². The molecule has 0 radical (unpaired) electrons.